The van der Waals surface area contributed by atoms with Crippen LogP contribution in [0.25, 0.3) is 0 Å². The lowest BCUT2D eigenvalue weighted by molar-refractivity contribution is 0.0954. The van der Waals surface area contributed by atoms with Gasteiger partial charge in [0, 0.05) is 5.69 Å². The van der Waals surface area contributed by atoms with Gasteiger partial charge in [0.2, 0.25) is 0 Å². The largest absolute Gasteiger partial charge is 0.322 e. The second-order valence-corrected chi connectivity index (χ2v) is 6.95. The summed E-state index contributed by atoms with van der Waals surface area (Å²) in [6.45, 7) is 1.75. The SMILES string of the molecule is C/C(=N/NC(=O)c1ccccc1Cl)c1cccc(NC(=O)c2ccccc2Cl)c1. The average Bonchev–Trinajstić information content (AvgIpc) is 2.72. The second-order valence-electron chi connectivity index (χ2n) is 6.13. The van der Waals surface area contributed by atoms with Crippen molar-refractivity contribution in [1.82, 2.24) is 5.43 Å². The predicted octanol–water partition coefficient (Wildman–Crippen LogP) is 5.40. The molecule has 0 bridgehead atoms. The third-order valence-corrected chi connectivity index (χ3v) is 4.76. The number of hydrazone groups is 1. The average molecular weight is 426 g/mol. The number of carbonyl (C=O) groups is 2. The van der Waals surface area contributed by atoms with E-state index in [0.29, 0.717) is 32.6 Å². The highest BCUT2D eigenvalue weighted by atomic mass is 35.5. The molecule has 0 spiro atoms. The third kappa shape index (κ3) is 5.22. The Hall–Kier alpha value is -3.15. The summed E-state index contributed by atoms with van der Waals surface area (Å²) in [7, 11) is 0. The van der Waals surface area contributed by atoms with Gasteiger partial charge in [-0.05, 0) is 48.9 Å². The molecule has 0 radical (unpaired) electrons. The Morgan fingerprint density at radius 2 is 1.38 bits per heavy atom. The fourth-order valence-electron chi connectivity index (χ4n) is 2.57. The van der Waals surface area contributed by atoms with Crippen molar-refractivity contribution >= 4 is 46.4 Å². The van der Waals surface area contributed by atoms with Crippen LogP contribution in [-0.2, 0) is 0 Å². The molecule has 0 aliphatic carbocycles. The number of halogens is 2. The monoisotopic (exact) mass is 425 g/mol. The number of hydrogen-bond donors (Lipinski definition) is 2. The highest BCUT2D eigenvalue weighted by molar-refractivity contribution is 6.34. The van der Waals surface area contributed by atoms with Gasteiger partial charge in [0.1, 0.15) is 0 Å². The highest BCUT2D eigenvalue weighted by Crippen LogP contribution is 2.18. The summed E-state index contributed by atoms with van der Waals surface area (Å²) < 4.78 is 0. The minimum absolute atomic E-state index is 0.311. The first-order chi connectivity index (χ1) is 14.0. The van der Waals surface area contributed by atoms with E-state index >= 15 is 0 Å². The molecular formula is C22H17Cl2N3O2. The summed E-state index contributed by atoms with van der Waals surface area (Å²) >= 11 is 12.1. The second kappa shape index (κ2) is 9.37. The molecule has 2 amide bonds. The first-order valence-electron chi connectivity index (χ1n) is 8.71. The molecular weight excluding hydrogens is 409 g/mol. The Morgan fingerprint density at radius 3 is 2.00 bits per heavy atom. The molecule has 0 saturated carbocycles. The quantitative estimate of drug-likeness (QED) is 0.424. The maximum absolute atomic E-state index is 12.4. The van der Waals surface area contributed by atoms with E-state index in [1.807, 2.05) is 6.07 Å². The highest BCUT2D eigenvalue weighted by Gasteiger charge is 2.11. The Morgan fingerprint density at radius 1 is 0.793 bits per heavy atom. The summed E-state index contributed by atoms with van der Waals surface area (Å²) in [4.78, 5) is 24.7. The molecule has 3 rings (SSSR count). The number of nitrogens with one attached hydrogen (secondary N) is 2. The van der Waals surface area contributed by atoms with Gasteiger partial charge >= 0.3 is 0 Å². The predicted molar refractivity (Wildman–Crippen MR) is 117 cm³/mol. The van der Waals surface area contributed by atoms with Gasteiger partial charge < -0.3 is 5.32 Å². The first-order valence-corrected chi connectivity index (χ1v) is 9.47. The molecule has 0 fully saturated rings. The van der Waals surface area contributed by atoms with Crippen LogP contribution in [0.4, 0.5) is 5.69 Å². The van der Waals surface area contributed by atoms with Crippen LogP contribution in [0.2, 0.25) is 10.0 Å². The maximum atomic E-state index is 12.4. The zero-order valence-electron chi connectivity index (χ0n) is 15.4. The van der Waals surface area contributed by atoms with Gasteiger partial charge in [-0.1, -0.05) is 59.6 Å². The molecule has 5 nitrogen and oxygen atoms in total. The maximum Gasteiger partial charge on any atom is 0.272 e. The van der Waals surface area contributed by atoms with Crippen LogP contribution in [0.1, 0.15) is 33.2 Å². The Kier molecular flexibility index (Phi) is 6.65. The standard InChI is InChI=1S/C22H17Cl2N3O2/c1-14(26-27-22(29)18-10-3-5-12-20(18)24)15-7-6-8-16(13-15)25-21(28)17-9-2-4-11-19(17)23/h2-13H,1H3,(H,25,28)(H,27,29)/b26-14-. The Balaban J connectivity index is 1.72. The number of amides is 2. The van der Waals surface area contributed by atoms with Crippen LogP contribution in [-0.4, -0.2) is 17.5 Å². The number of rotatable bonds is 5. The molecule has 0 aromatic heterocycles. The molecule has 0 saturated heterocycles. The molecule has 146 valence electrons. The Labute approximate surface area is 178 Å². The van der Waals surface area contributed by atoms with Crippen molar-refractivity contribution in [2.75, 3.05) is 5.32 Å². The normalized spacial score (nSPS) is 11.1. The molecule has 2 N–H and O–H groups in total. The summed E-state index contributed by atoms with van der Waals surface area (Å²) in [6, 6.07) is 20.7. The molecule has 3 aromatic carbocycles. The zero-order chi connectivity index (χ0) is 20.8. The molecule has 0 aliphatic heterocycles. The van der Waals surface area contributed by atoms with Gasteiger partial charge in [-0.15, -0.1) is 0 Å². The lowest BCUT2D eigenvalue weighted by Gasteiger charge is -2.09. The molecule has 3 aromatic rings. The van der Waals surface area contributed by atoms with Gasteiger partial charge in [0.25, 0.3) is 11.8 Å². The van der Waals surface area contributed by atoms with Gasteiger partial charge in [0.05, 0.1) is 26.9 Å². The lowest BCUT2D eigenvalue weighted by atomic mass is 10.1. The van der Waals surface area contributed by atoms with Crippen molar-refractivity contribution in [3.63, 3.8) is 0 Å². The van der Waals surface area contributed by atoms with E-state index in [0.717, 1.165) is 5.56 Å². The van der Waals surface area contributed by atoms with Crippen LogP contribution < -0.4 is 10.7 Å². The lowest BCUT2D eigenvalue weighted by Crippen LogP contribution is -2.19. The summed E-state index contributed by atoms with van der Waals surface area (Å²) in [5.41, 5.74) is 5.11. The number of carbonyl (C=O) groups excluding carboxylic acids is 2. The molecule has 0 unspecified atom stereocenters. The number of nitrogens with zero attached hydrogens (tertiary/aromatic N) is 1. The van der Waals surface area contributed by atoms with Crippen molar-refractivity contribution in [3.8, 4) is 0 Å². The van der Waals surface area contributed by atoms with Crippen molar-refractivity contribution in [3.05, 3.63) is 99.5 Å². The van der Waals surface area contributed by atoms with Crippen LogP contribution >= 0.6 is 23.2 Å². The first kappa shape index (κ1) is 20.6. The third-order valence-electron chi connectivity index (χ3n) is 4.10. The van der Waals surface area contributed by atoms with Gasteiger partial charge in [-0.25, -0.2) is 5.43 Å². The smallest absolute Gasteiger partial charge is 0.272 e. The molecule has 0 aliphatic rings. The summed E-state index contributed by atoms with van der Waals surface area (Å²) in [6.07, 6.45) is 0. The van der Waals surface area contributed by atoms with Gasteiger partial charge in [-0.2, -0.15) is 5.10 Å². The van der Waals surface area contributed by atoms with Crippen LogP contribution in [0, 0.1) is 0 Å². The number of anilines is 1. The van der Waals surface area contributed by atoms with E-state index < -0.39 is 5.91 Å². The zero-order valence-corrected chi connectivity index (χ0v) is 17.0. The van der Waals surface area contributed by atoms with Crippen molar-refractivity contribution in [1.29, 1.82) is 0 Å². The van der Waals surface area contributed by atoms with Crippen molar-refractivity contribution in [2.45, 2.75) is 6.92 Å². The van der Waals surface area contributed by atoms with Crippen LogP contribution in [0.3, 0.4) is 0 Å². The van der Waals surface area contributed by atoms with E-state index in [-0.39, 0.29) is 5.91 Å². The minimum Gasteiger partial charge on any atom is -0.322 e. The van der Waals surface area contributed by atoms with Crippen molar-refractivity contribution < 1.29 is 9.59 Å². The Bertz CT molecular complexity index is 1100. The van der Waals surface area contributed by atoms with E-state index in [4.69, 9.17) is 23.2 Å². The fourth-order valence-corrected chi connectivity index (χ4v) is 3.01. The van der Waals surface area contributed by atoms with E-state index in [2.05, 4.69) is 15.8 Å². The molecule has 0 heterocycles. The number of benzene rings is 3. The van der Waals surface area contributed by atoms with Crippen molar-refractivity contribution in [2.24, 2.45) is 5.10 Å². The van der Waals surface area contributed by atoms with Crippen LogP contribution in [0.5, 0.6) is 0 Å². The van der Waals surface area contributed by atoms with Gasteiger partial charge in [0.15, 0.2) is 0 Å². The topological polar surface area (TPSA) is 70.6 Å². The number of hydrogen-bond acceptors (Lipinski definition) is 3. The summed E-state index contributed by atoms with van der Waals surface area (Å²) in [5.74, 6) is -0.715. The minimum atomic E-state index is -0.405. The fraction of sp³-hybridized carbons (Fsp3) is 0.0455. The van der Waals surface area contributed by atoms with E-state index in [9.17, 15) is 9.59 Å². The van der Waals surface area contributed by atoms with E-state index in [1.54, 1.807) is 73.7 Å². The molecule has 0 atom stereocenters. The molecule has 7 heteroatoms. The molecule has 29 heavy (non-hydrogen) atoms. The van der Waals surface area contributed by atoms with Gasteiger partial charge in [-0.3, -0.25) is 9.59 Å². The van der Waals surface area contributed by atoms with Crippen LogP contribution in [0.15, 0.2) is 77.9 Å². The summed E-state index contributed by atoms with van der Waals surface area (Å²) in [5, 5.41) is 7.66. The van der Waals surface area contributed by atoms with E-state index in [1.165, 1.54) is 0 Å².